The summed E-state index contributed by atoms with van der Waals surface area (Å²) in [6, 6.07) is 24.3. The van der Waals surface area contributed by atoms with Gasteiger partial charge in [-0.1, -0.05) is 54.6 Å². The Kier molecular flexibility index (Phi) is 6.39. The Hall–Kier alpha value is -3.75. The molecule has 3 aromatic carbocycles. The molecule has 0 aliphatic carbocycles. The van der Waals surface area contributed by atoms with Crippen LogP contribution in [0.3, 0.4) is 0 Å². The van der Waals surface area contributed by atoms with E-state index in [1.165, 1.54) is 0 Å². The fraction of sp³-hybridized carbons (Fsp3) is 0.120. The first kappa shape index (κ1) is 22.4. The van der Waals surface area contributed by atoms with Gasteiger partial charge in [0.15, 0.2) is 0 Å². The SMILES string of the molecule is Cc1c(-c2ccc(CNS(C)(=O)=O)cc2)c(-c2ccccc2Oc2ccccc2)n[nH]c1=O. The average Bonchev–Trinajstić information content (AvgIpc) is 2.81. The van der Waals surface area contributed by atoms with Crippen LogP contribution in [0.2, 0.25) is 0 Å². The van der Waals surface area contributed by atoms with Gasteiger partial charge in [0.05, 0.1) is 6.26 Å². The molecule has 0 saturated heterocycles. The minimum absolute atomic E-state index is 0.187. The summed E-state index contributed by atoms with van der Waals surface area (Å²) in [7, 11) is -3.29. The Labute approximate surface area is 192 Å². The highest BCUT2D eigenvalue weighted by molar-refractivity contribution is 7.88. The number of para-hydroxylation sites is 2. The zero-order valence-corrected chi connectivity index (χ0v) is 19.0. The predicted molar refractivity (Wildman–Crippen MR) is 129 cm³/mol. The van der Waals surface area contributed by atoms with Gasteiger partial charge in [0.2, 0.25) is 10.0 Å². The number of nitrogens with one attached hydrogen (secondary N) is 2. The van der Waals surface area contributed by atoms with Gasteiger partial charge in [-0.05, 0) is 42.3 Å². The molecule has 1 aromatic heterocycles. The second-order valence-corrected chi connectivity index (χ2v) is 9.44. The van der Waals surface area contributed by atoms with Gasteiger partial charge < -0.3 is 4.74 Å². The standard InChI is InChI=1S/C25H23N3O4S/c1-17-23(19-14-12-18(13-15-19)16-26-33(2,30)31)24(27-28-25(17)29)21-10-6-7-11-22(21)32-20-8-4-3-5-9-20/h3-15,26H,16H2,1-2H3,(H,28,29). The molecule has 0 fully saturated rings. The lowest BCUT2D eigenvalue weighted by Gasteiger charge is -2.15. The molecular formula is C25H23N3O4S. The molecule has 0 saturated carbocycles. The van der Waals surface area contributed by atoms with Crippen LogP contribution in [0.5, 0.6) is 11.5 Å². The minimum Gasteiger partial charge on any atom is -0.457 e. The molecule has 0 aliphatic heterocycles. The molecule has 0 bridgehead atoms. The van der Waals surface area contributed by atoms with Gasteiger partial charge in [0.25, 0.3) is 5.56 Å². The number of rotatable bonds is 7. The smallest absolute Gasteiger partial charge is 0.267 e. The van der Waals surface area contributed by atoms with E-state index in [0.717, 1.165) is 22.9 Å². The van der Waals surface area contributed by atoms with E-state index < -0.39 is 10.0 Å². The number of aromatic amines is 1. The fourth-order valence-electron chi connectivity index (χ4n) is 3.46. The summed E-state index contributed by atoms with van der Waals surface area (Å²) in [4.78, 5) is 12.4. The van der Waals surface area contributed by atoms with Crippen LogP contribution in [-0.2, 0) is 16.6 Å². The topological polar surface area (TPSA) is 101 Å². The van der Waals surface area contributed by atoms with Gasteiger partial charge in [-0.15, -0.1) is 0 Å². The Morgan fingerprint density at radius 2 is 1.61 bits per heavy atom. The van der Waals surface area contributed by atoms with Gasteiger partial charge in [-0.2, -0.15) is 5.10 Å². The van der Waals surface area contributed by atoms with Gasteiger partial charge in [0.1, 0.15) is 17.2 Å². The quantitative estimate of drug-likeness (QED) is 0.428. The average molecular weight is 462 g/mol. The molecule has 0 aliphatic rings. The second-order valence-electron chi connectivity index (χ2n) is 7.60. The van der Waals surface area contributed by atoms with Crippen molar-refractivity contribution in [2.24, 2.45) is 0 Å². The Balaban J connectivity index is 1.77. The first-order valence-corrected chi connectivity index (χ1v) is 12.2. The van der Waals surface area contributed by atoms with Crippen molar-refractivity contribution in [1.82, 2.24) is 14.9 Å². The normalized spacial score (nSPS) is 11.3. The molecule has 4 rings (SSSR count). The van der Waals surface area contributed by atoms with Crippen molar-refractivity contribution in [3.63, 3.8) is 0 Å². The molecule has 0 amide bonds. The number of nitrogens with zero attached hydrogens (tertiary/aromatic N) is 1. The molecular weight excluding hydrogens is 438 g/mol. The van der Waals surface area contributed by atoms with Crippen LogP contribution in [0, 0.1) is 6.92 Å². The number of aromatic nitrogens is 2. The lowest BCUT2D eigenvalue weighted by molar-refractivity contribution is 0.484. The van der Waals surface area contributed by atoms with Gasteiger partial charge in [-0.3, -0.25) is 4.79 Å². The van der Waals surface area contributed by atoms with Gasteiger partial charge >= 0.3 is 0 Å². The van der Waals surface area contributed by atoms with Crippen LogP contribution >= 0.6 is 0 Å². The van der Waals surface area contributed by atoms with Crippen molar-refractivity contribution >= 4 is 10.0 Å². The maximum absolute atomic E-state index is 12.4. The lowest BCUT2D eigenvalue weighted by atomic mass is 9.95. The molecule has 1 heterocycles. The summed E-state index contributed by atoms with van der Waals surface area (Å²) in [5.41, 5.74) is 3.84. The van der Waals surface area contributed by atoms with E-state index >= 15 is 0 Å². The highest BCUT2D eigenvalue weighted by Crippen LogP contribution is 2.38. The second kappa shape index (κ2) is 9.40. The van der Waals surface area contributed by atoms with E-state index in [1.54, 1.807) is 6.92 Å². The molecule has 0 radical (unpaired) electrons. The predicted octanol–water partition coefficient (Wildman–Crippen LogP) is 4.25. The van der Waals surface area contributed by atoms with E-state index in [9.17, 15) is 13.2 Å². The summed E-state index contributed by atoms with van der Waals surface area (Å²) in [5.74, 6) is 1.30. The largest absolute Gasteiger partial charge is 0.457 e. The first-order valence-electron chi connectivity index (χ1n) is 10.3. The molecule has 2 N–H and O–H groups in total. The van der Waals surface area contributed by atoms with Crippen molar-refractivity contribution in [2.75, 3.05) is 6.26 Å². The molecule has 7 nitrogen and oxygen atoms in total. The maximum atomic E-state index is 12.4. The number of hydrogen-bond donors (Lipinski definition) is 2. The zero-order chi connectivity index (χ0) is 23.4. The summed E-state index contributed by atoms with van der Waals surface area (Å²) in [5, 5.41) is 6.95. The van der Waals surface area contributed by atoms with Crippen LogP contribution < -0.4 is 15.0 Å². The first-order chi connectivity index (χ1) is 15.8. The highest BCUT2D eigenvalue weighted by atomic mass is 32.2. The van der Waals surface area contributed by atoms with Crippen LogP contribution in [-0.4, -0.2) is 24.9 Å². The lowest BCUT2D eigenvalue weighted by Crippen LogP contribution is -2.21. The minimum atomic E-state index is -3.29. The van der Waals surface area contributed by atoms with E-state index in [2.05, 4.69) is 14.9 Å². The van der Waals surface area contributed by atoms with E-state index in [1.807, 2.05) is 78.9 Å². The molecule has 0 unspecified atom stereocenters. The molecule has 0 atom stereocenters. The van der Waals surface area contributed by atoms with Crippen molar-refractivity contribution < 1.29 is 13.2 Å². The van der Waals surface area contributed by atoms with Crippen LogP contribution in [0.25, 0.3) is 22.4 Å². The molecule has 168 valence electrons. The monoisotopic (exact) mass is 461 g/mol. The third-order valence-electron chi connectivity index (χ3n) is 5.12. The fourth-order valence-corrected chi connectivity index (χ4v) is 3.89. The maximum Gasteiger partial charge on any atom is 0.267 e. The summed E-state index contributed by atoms with van der Waals surface area (Å²) >= 11 is 0. The summed E-state index contributed by atoms with van der Waals surface area (Å²) < 4.78 is 31.3. The number of sulfonamides is 1. The molecule has 0 spiro atoms. The summed E-state index contributed by atoms with van der Waals surface area (Å²) in [6.07, 6.45) is 1.12. The third-order valence-corrected chi connectivity index (χ3v) is 5.78. The molecule has 4 aromatic rings. The van der Waals surface area contributed by atoms with Crippen LogP contribution in [0.1, 0.15) is 11.1 Å². The van der Waals surface area contributed by atoms with Crippen molar-refractivity contribution in [1.29, 1.82) is 0 Å². The van der Waals surface area contributed by atoms with Crippen molar-refractivity contribution in [3.8, 4) is 33.9 Å². The van der Waals surface area contributed by atoms with E-state index in [4.69, 9.17) is 4.74 Å². The Bertz CT molecular complexity index is 1430. The zero-order valence-electron chi connectivity index (χ0n) is 18.2. The number of ether oxygens (including phenoxy) is 1. The van der Waals surface area contributed by atoms with Crippen LogP contribution in [0.15, 0.2) is 83.7 Å². The Morgan fingerprint density at radius 1 is 0.939 bits per heavy atom. The Morgan fingerprint density at radius 3 is 2.30 bits per heavy atom. The highest BCUT2D eigenvalue weighted by Gasteiger charge is 2.18. The summed E-state index contributed by atoms with van der Waals surface area (Å²) in [6.45, 7) is 1.94. The number of benzene rings is 3. The number of hydrogen-bond acceptors (Lipinski definition) is 5. The van der Waals surface area contributed by atoms with Crippen molar-refractivity contribution in [3.05, 3.63) is 100 Å². The van der Waals surface area contributed by atoms with Gasteiger partial charge in [0, 0.05) is 23.2 Å². The number of H-pyrrole nitrogens is 1. The van der Waals surface area contributed by atoms with E-state index in [-0.39, 0.29) is 12.1 Å². The van der Waals surface area contributed by atoms with Crippen molar-refractivity contribution in [2.45, 2.75) is 13.5 Å². The third kappa shape index (κ3) is 5.36. The van der Waals surface area contributed by atoms with E-state index in [0.29, 0.717) is 28.3 Å². The van der Waals surface area contributed by atoms with Crippen LogP contribution in [0.4, 0.5) is 0 Å². The molecule has 8 heteroatoms. The van der Waals surface area contributed by atoms with Gasteiger partial charge in [-0.25, -0.2) is 18.2 Å². The molecule has 33 heavy (non-hydrogen) atoms.